The Kier molecular flexibility index (Phi) is 2.15. The molecule has 0 spiro atoms. The van der Waals surface area contributed by atoms with Gasteiger partial charge in [-0.1, -0.05) is 0 Å². The smallest absolute Gasteiger partial charge is 0.0450 e. The van der Waals surface area contributed by atoms with E-state index in [1.54, 1.807) is 0 Å². The Morgan fingerprint density at radius 2 is 2.09 bits per heavy atom. The van der Waals surface area contributed by atoms with Crippen LogP contribution >= 0.6 is 11.8 Å². The summed E-state index contributed by atoms with van der Waals surface area (Å²) in [6.45, 7) is 4.64. The quantitative estimate of drug-likeness (QED) is 0.626. The monoisotopic (exact) mass is 171 g/mol. The van der Waals surface area contributed by atoms with E-state index in [4.69, 9.17) is 0 Å². The Morgan fingerprint density at radius 3 is 2.64 bits per heavy atom. The summed E-state index contributed by atoms with van der Waals surface area (Å²) in [7, 11) is 0. The van der Waals surface area contributed by atoms with Gasteiger partial charge in [0.15, 0.2) is 0 Å². The van der Waals surface area contributed by atoms with E-state index in [-0.39, 0.29) is 0 Å². The van der Waals surface area contributed by atoms with Crippen molar-refractivity contribution in [2.45, 2.75) is 38.8 Å². The molecule has 0 radical (unpaired) electrons. The van der Waals surface area contributed by atoms with Gasteiger partial charge in [-0.3, -0.25) is 4.90 Å². The lowest BCUT2D eigenvalue weighted by Gasteiger charge is -2.27. The fraction of sp³-hybridized carbons (Fsp3) is 1.00. The van der Waals surface area contributed by atoms with Crippen molar-refractivity contribution in [2.75, 3.05) is 11.6 Å². The molecule has 2 fully saturated rings. The molecule has 1 saturated carbocycles. The molecule has 0 aromatic heterocycles. The molecule has 64 valence electrons. The Morgan fingerprint density at radius 1 is 1.36 bits per heavy atom. The molecule has 0 aromatic rings. The van der Waals surface area contributed by atoms with E-state index in [0.717, 1.165) is 18.0 Å². The Labute approximate surface area is 73.5 Å². The molecule has 0 bridgehead atoms. The lowest BCUT2D eigenvalue weighted by Crippen LogP contribution is -2.37. The predicted molar refractivity (Wildman–Crippen MR) is 50.8 cm³/mol. The lowest BCUT2D eigenvalue weighted by atomic mass is 10.1. The molecular weight excluding hydrogens is 154 g/mol. The normalized spacial score (nSPS) is 33.5. The van der Waals surface area contributed by atoms with Crippen molar-refractivity contribution in [2.24, 2.45) is 5.92 Å². The molecule has 0 aromatic carbocycles. The first-order valence-corrected chi connectivity index (χ1v) is 5.78. The molecule has 0 N–H and O–H groups in total. The van der Waals surface area contributed by atoms with Gasteiger partial charge in [-0.2, -0.15) is 0 Å². The van der Waals surface area contributed by atoms with Crippen LogP contribution in [0.15, 0.2) is 0 Å². The van der Waals surface area contributed by atoms with Gasteiger partial charge in [-0.25, -0.2) is 0 Å². The maximum atomic E-state index is 2.67. The average molecular weight is 171 g/mol. The van der Waals surface area contributed by atoms with Gasteiger partial charge in [0.1, 0.15) is 0 Å². The molecule has 1 heterocycles. The highest BCUT2D eigenvalue weighted by molar-refractivity contribution is 7.99. The van der Waals surface area contributed by atoms with Crippen molar-refractivity contribution < 1.29 is 0 Å². The minimum atomic E-state index is 0.760. The molecule has 1 nitrogen and oxygen atoms in total. The van der Waals surface area contributed by atoms with Crippen molar-refractivity contribution in [3.05, 3.63) is 0 Å². The standard InChI is InChI=1S/C9H17NS/c1-7(2)10-6-11-5-9(10)8-3-4-8/h7-9H,3-6H2,1-2H3. The number of nitrogens with zero attached hydrogens (tertiary/aromatic N) is 1. The van der Waals surface area contributed by atoms with Crippen LogP contribution in [0.25, 0.3) is 0 Å². The van der Waals surface area contributed by atoms with Gasteiger partial charge in [0.25, 0.3) is 0 Å². The highest BCUT2D eigenvalue weighted by Crippen LogP contribution is 2.40. The van der Waals surface area contributed by atoms with E-state index in [1.807, 2.05) is 0 Å². The third-order valence-electron chi connectivity index (χ3n) is 2.78. The van der Waals surface area contributed by atoms with Gasteiger partial charge in [-0.05, 0) is 32.6 Å². The Bertz CT molecular complexity index is 134. The van der Waals surface area contributed by atoms with Crippen molar-refractivity contribution in [1.82, 2.24) is 4.90 Å². The molecule has 1 atom stereocenters. The number of hydrogen-bond donors (Lipinski definition) is 0. The summed E-state index contributed by atoms with van der Waals surface area (Å²) in [5.74, 6) is 3.73. The van der Waals surface area contributed by atoms with Gasteiger partial charge in [0.2, 0.25) is 0 Å². The number of hydrogen-bond acceptors (Lipinski definition) is 2. The highest BCUT2D eigenvalue weighted by atomic mass is 32.2. The van der Waals surface area contributed by atoms with Crippen LogP contribution in [0.4, 0.5) is 0 Å². The van der Waals surface area contributed by atoms with Gasteiger partial charge in [0, 0.05) is 23.7 Å². The third-order valence-corrected chi connectivity index (χ3v) is 3.84. The van der Waals surface area contributed by atoms with Gasteiger partial charge in [0.05, 0.1) is 0 Å². The molecule has 1 aliphatic heterocycles. The number of rotatable bonds is 2. The minimum Gasteiger partial charge on any atom is -0.288 e. The second-order valence-corrected chi connectivity index (χ2v) is 5.01. The van der Waals surface area contributed by atoms with E-state index in [9.17, 15) is 0 Å². The van der Waals surface area contributed by atoms with E-state index >= 15 is 0 Å². The third kappa shape index (κ3) is 1.57. The fourth-order valence-corrected chi connectivity index (χ4v) is 3.40. The highest BCUT2D eigenvalue weighted by Gasteiger charge is 2.38. The molecule has 1 saturated heterocycles. The van der Waals surface area contributed by atoms with Crippen LogP contribution in [0.2, 0.25) is 0 Å². The van der Waals surface area contributed by atoms with Crippen LogP contribution in [0.1, 0.15) is 26.7 Å². The summed E-state index contributed by atoms with van der Waals surface area (Å²) in [5.41, 5.74) is 0. The van der Waals surface area contributed by atoms with Crippen molar-refractivity contribution >= 4 is 11.8 Å². The van der Waals surface area contributed by atoms with Crippen LogP contribution in [0, 0.1) is 5.92 Å². The van der Waals surface area contributed by atoms with Gasteiger partial charge >= 0.3 is 0 Å². The molecular formula is C9H17NS. The number of thioether (sulfide) groups is 1. The van der Waals surface area contributed by atoms with Crippen molar-refractivity contribution in [3.63, 3.8) is 0 Å². The maximum Gasteiger partial charge on any atom is 0.0450 e. The summed E-state index contributed by atoms with van der Waals surface area (Å²) in [4.78, 5) is 2.67. The second kappa shape index (κ2) is 2.98. The van der Waals surface area contributed by atoms with Gasteiger partial charge in [-0.15, -0.1) is 11.8 Å². The van der Waals surface area contributed by atoms with E-state index in [0.29, 0.717) is 0 Å². The lowest BCUT2D eigenvalue weighted by molar-refractivity contribution is 0.196. The molecule has 2 rings (SSSR count). The largest absolute Gasteiger partial charge is 0.288 e. The second-order valence-electron chi connectivity index (χ2n) is 4.01. The predicted octanol–water partition coefficient (Wildman–Crippen LogP) is 2.18. The molecule has 0 amide bonds. The van der Waals surface area contributed by atoms with E-state index in [2.05, 4.69) is 30.5 Å². The van der Waals surface area contributed by atoms with Crippen LogP contribution < -0.4 is 0 Å². The summed E-state index contributed by atoms with van der Waals surface area (Å²) in [6, 6.07) is 1.69. The summed E-state index contributed by atoms with van der Waals surface area (Å²) in [5, 5.41) is 0. The van der Waals surface area contributed by atoms with E-state index in [1.165, 1.54) is 24.5 Å². The molecule has 1 unspecified atom stereocenters. The molecule has 11 heavy (non-hydrogen) atoms. The summed E-state index contributed by atoms with van der Waals surface area (Å²) >= 11 is 2.11. The first-order valence-electron chi connectivity index (χ1n) is 4.62. The molecule has 2 heteroatoms. The Hall–Kier alpha value is 0.310. The summed E-state index contributed by atoms with van der Waals surface area (Å²) in [6.07, 6.45) is 2.99. The van der Waals surface area contributed by atoms with Crippen molar-refractivity contribution in [1.29, 1.82) is 0 Å². The van der Waals surface area contributed by atoms with Crippen LogP contribution in [0.3, 0.4) is 0 Å². The summed E-state index contributed by atoms with van der Waals surface area (Å²) < 4.78 is 0. The first-order chi connectivity index (χ1) is 5.29. The van der Waals surface area contributed by atoms with Crippen LogP contribution in [0.5, 0.6) is 0 Å². The van der Waals surface area contributed by atoms with E-state index < -0.39 is 0 Å². The first kappa shape index (κ1) is 7.93. The molecule has 2 aliphatic rings. The minimum absolute atomic E-state index is 0.760. The van der Waals surface area contributed by atoms with Crippen LogP contribution in [-0.2, 0) is 0 Å². The zero-order valence-corrected chi connectivity index (χ0v) is 8.23. The zero-order chi connectivity index (χ0) is 7.84. The van der Waals surface area contributed by atoms with Gasteiger partial charge < -0.3 is 0 Å². The van der Waals surface area contributed by atoms with Crippen LogP contribution in [-0.4, -0.2) is 28.6 Å². The average Bonchev–Trinajstić information content (AvgIpc) is 2.68. The van der Waals surface area contributed by atoms with Crippen molar-refractivity contribution in [3.8, 4) is 0 Å². The topological polar surface area (TPSA) is 3.24 Å². The SMILES string of the molecule is CC(C)N1CSCC1C1CC1. The fourth-order valence-electron chi connectivity index (χ4n) is 1.89. The zero-order valence-electron chi connectivity index (χ0n) is 7.42. The maximum absolute atomic E-state index is 2.67. The molecule has 1 aliphatic carbocycles. The Balaban J connectivity index is 1.95.